The molecule has 0 aliphatic rings. The molecule has 2 aromatic heterocycles. The van der Waals surface area contributed by atoms with Crippen LogP contribution in [-0.4, -0.2) is 32.3 Å². The van der Waals surface area contributed by atoms with Crippen LogP contribution in [0.15, 0.2) is 47.8 Å². The quantitative estimate of drug-likeness (QED) is 0.612. The molecule has 26 heavy (non-hydrogen) atoms. The van der Waals surface area contributed by atoms with Gasteiger partial charge >= 0.3 is 0 Å². The maximum Gasteiger partial charge on any atom is 0.233 e. The highest BCUT2D eigenvalue weighted by molar-refractivity contribution is 8.00. The molecule has 3 aromatic rings. The van der Waals surface area contributed by atoms with E-state index in [2.05, 4.69) is 34.6 Å². The van der Waals surface area contributed by atoms with Crippen molar-refractivity contribution in [3.8, 4) is 0 Å². The summed E-state index contributed by atoms with van der Waals surface area (Å²) in [5.74, 6) is 0.187. The molecule has 0 aliphatic carbocycles. The van der Waals surface area contributed by atoms with E-state index in [1.165, 1.54) is 17.3 Å². The van der Waals surface area contributed by atoms with Gasteiger partial charge in [-0.05, 0) is 24.5 Å². The zero-order valence-electron chi connectivity index (χ0n) is 14.3. The lowest BCUT2D eigenvalue weighted by Crippen LogP contribution is -2.33. The number of carbonyl (C=O) groups excluding carboxylic acids is 1. The average molecular weight is 409 g/mol. The topological polar surface area (TPSA) is 59.3 Å². The minimum atomic E-state index is -0.330. The van der Waals surface area contributed by atoms with E-state index >= 15 is 0 Å². The average Bonchev–Trinajstić information content (AvgIpc) is 3.03. The molecule has 0 fully saturated rings. The van der Waals surface area contributed by atoms with Crippen LogP contribution < -0.4 is 5.32 Å². The van der Waals surface area contributed by atoms with E-state index in [0.717, 1.165) is 0 Å². The van der Waals surface area contributed by atoms with E-state index in [0.29, 0.717) is 27.4 Å². The molecule has 1 N–H and O–H groups in total. The highest BCUT2D eigenvalue weighted by Gasteiger charge is 2.19. The molecule has 1 aromatic carbocycles. The molecule has 2 unspecified atom stereocenters. The predicted molar refractivity (Wildman–Crippen MR) is 106 cm³/mol. The molecular formula is C18H18Cl2N4OS. The zero-order valence-corrected chi connectivity index (χ0v) is 16.6. The smallest absolute Gasteiger partial charge is 0.233 e. The highest BCUT2D eigenvalue weighted by Crippen LogP contribution is 2.27. The Morgan fingerprint density at radius 3 is 2.69 bits per heavy atom. The van der Waals surface area contributed by atoms with E-state index in [-0.39, 0.29) is 17.1 Å². The van der Waals surface area contributed by atoms with Gasteiger partial charge in [0.2, 0.25) is 5.91 Å². The molecule has 2 heterocycles. The van der Waals surface area contributed by atoms with Crippen molar-refractivity contribution in [3.63, 3.8) is 0 Å². The molecule has 8 heteroatoms. The van der Waals surface area contributed by atoms with Crippen LogP contribution in [0.3, 0.4) is 0 Å². The van der Waals surface area contributed by atoms with Gasteiger partial charge in [-0.1, -0.05) is 72.2 Å². The second kappa shape index (κ2) is 8.29. The largest absolute Gasteiger partial charge is 0.355 e. The maximum atomic E-state index is 12.4. The van der Waals surface area contributed by atoms with E-state index in [1.54, 1.807) is 16.7 Å². The van der Waals surface area contributed by atoms with Crippen molar-refractivity contribution in [2.75, 3.05) is 6.54 Å². The summed E-state index contributed by atoms with van der Waals surface area (Å²) in [6.07, 6.45) is 1.69. The number of fused-ring (bicyclic) bond motifs is 1. The van der Waals surface area contributed by atoms with Crippen LogP contribution in [0.1, 0.15) is 25.3 Å². The molecule has 136 valence electrons. The first kappa shape index (κ1) is 19.0. The van der Waals surface area contributed by atoms with Crippen molar-refractivity contribution in [3.05, 3.63) is 58.2 Å². The molecular weight excluding hydrogens is 391 g/mol. The summed E-state index contributed by atoms with van der Waals surface area (Å²) in [4.78, 5) is 12.4. The Hall–Kier alpha value is -1.76. The van der Waals surface area contributed by atoms with Gasteiger partial charge in [0, 0.05) is 12.7 Å². The van der Waals surface area contributed by atoms with Gasteiger partial charge in [0.15, 0.2) is 10.8 Å². The number of carbonyl (C=O) groups is 1. The van der Waals surface area contributed by atoms with Gasteiger partial charge in [-0.2, -0.15) is 0 Å². The predicted octanol–water partition coefficient (Wildman–Crippen LogP) is 4.44. The lowest BCUT2D eigenvalue weighted by molar-refractivity contribution is -0.120. The van der Waals surface area contributed by atoms with Crippen molar-refractivity contribution in [1.29, 1.82) is 0 Å². The Morgan fingerprint density at radius 2 is 1.96 bits per heavy atom. The minimum absolute atomic E-state index is 0.0531. The van der Waals surface area contributed by atoms with Gasteiger partial charge in [0.1, 0.15) is 0 Å². The Morgan fingerprint density at radius 1 is 1.23 bits per heavy atom. The van der Waals surface area contributed by atoms with Gasteiger partial charge in [-0.15, -0.1) is 10.2 Å². The number of rotatable bonds is 6. The van der Waals surface area contributed by atoms with Gasteiger partial charge in [-0.25, -0.2) is 0 Å². The Labute approximate surface area is 166 Å². The van der Waals surface area contributed by atoms with Gasteiger partial charge in [-0.3, -0.25) is 9.20 Å². The van der Waals surface area contributed by atoms with Crippen molar-refractivity contribution >= 4 is 46.5 Å². The molecule has 5 nitrogen and oxygen atoms in total. The van der Waals surface area contributed by atoms with Crippen LogP contribution in [0.2, 0.25) is 10.0 Å². The van der Waals surface area contributed by atoms with Crippen molar-refractivity contribution in [2.24, 2.45) is 0 Å². The summed E-state index contributed by atoms with van der Waals surface area (Å²) in [5.41, 5.74) is 1.71. The molecule has 0 aliphatic heterocycles. The standard InChI is InChI=1S/C18H18Cl2N4OS/c1-11(13-6-4-3-5-7-13)9-21-17(25)12(2)26-18-23-22-16-15(20)8-14(19)10-24(16)18/h3-8,10-12H,9H2,1-2H3,(H,21,25). The summed E-state index contributed by atoms with van der Waals surface area (Å²) in [6, 6.07) is 11.7. The summed E-state index contributed by atoms with van der Waals surface area (Å²) >= 11 is 13.5. The second-order valence-electron chi connectivity index (χ2n) is 6.00. The maximum absolute atomic E-state index is 12.4. The summed E-state index contributed by atoms with van der Waals surface area (Å²) < 4.78 is 1.70. The molecule has 0 saturated carbocycles. The fraction of sp³-hybridized carbons (Fsp3) is 0.278. The number of aromatic nitrogens is 3. The number of pyridine rings is 1. The monoisotopic (exact) mass is 408 g/mol. The fourth-order valence-electron chi connectivity index (χ4n) is 2.49. The number of hydrogen-bond donors (Lipinski definition) is 1. The number of halogens is 2. The van der Waals surface area contributed by atoms with Crippen molar-refractivity contribution < 1.29 is 4.79 Å². The Balaban J connectivity index is 1.63. The number of nitrogens with zero attached hydrogens (tertiary/aromatic N) is 3. The van der Waals surface area contributed by atoms with Gasteiger partial charge < -0.3 is 5.32 Å². The second-order valence-corrected chi connectivity index (χ2v) is 8.15. The van der Waals surface area contributed by atoms with E-state index < -0.39 is 0 Å². The SMILES string of the molecule is CC(Sc1nnc2c(Cl)cc(Cl)cn12)C(=O)NCC(C)c1ccccc1. The number of nitrogens with one attached hydrogen (secondary N) is 1. The molecule has 0 saturated heterocycles. The Bertz CT molecular complexity index is 916. The van der Waals surface area contributed by atoms with Crippen molar-refractivity contribution in [1.82, 2.24) is 19.9 Å². The molecule has 2 atom stereocenters. The van der Waals surface area contributed by atoms with Crippen LogP contribution in [0, 0.1) is 0 Å². The zero-order chi connectivity index (χ0) is 18.7. The van der Waals surface area contributed by atoms with Crippen LogP contribution in [-0.2, 0) is 4.79 Å². The fourth-order valence-corrected chi connectivity index (χ4v) is 3.85. The molecule has 0 radical (unpaired) electrons. The third-order valence-electron chi connectivity index (χ3n) is 4.00. The van der Waals surface area contributed by atoms with Crippen LogP contribution in [0.4, 0.5) is 0 Å². The van der Waals surface area contributed by atoms with Crippen LogP contribution in [0.5, 0.6) is 0 Å². The lowest BCUT2D eigenvalue weighted by Gasteiger charge is -2.15. The molecule has 0 bridgehead atoms. The minimum Gasteiger partial charge on any atom is -0.355 e. The number of thioether (sulfide) groups is 1. The van der Waals surface area contributed by atoms with E-state index in [1.807, 2.05) is 25.1 Å². The normalized spacial score (nSPS) is 13.5. The van der Waals surface area contributed by atoms with Crippen molar-refractivity contribution in [2.45, 2.75) is 30.2 Å². The van der Waals surface area contributed by atoms with Gasteiger partial charge in [0.25, 0.3) is 0 Å². The summed E-state index contributed by atoms with van der Waals surface area (Å²) in [6.45, 7) is 4.50. The number of benzene rings is 1. The Kier molecular flexibility index (Phi) is 6.06. The number of amides is 1. The van der Waals surface area contributed by atoms with Crippen LogP contribution in [0.25, 0.3) is 5.65 Å². The third-order valence-corrected chi connectivity index (χ3v) is 5.54. The first-order valence-corrected chi connectivity index (χ1v) is 9.78. The molecule has 1 amide bonds. The summed E-state index contributed by atoms with van der Waals surface area (Å²) in [5, 5.41) is 12.3. The summed E-state index contributed by atoms with van der Waals surface area (Å²) in [7, 11) is 0. The molecule has 0 spiro atoms. The molecule has 3 rings (SSSR count). The van der Waals surface area contributed by atoms with E-state index in [4.69, 9.17) is 23.2 Å². The third kappa shape index (κ3) is 4.31. The number of hydrogen-bond acceptors (Lipinski definition) is 4. The highest BCUT2D eigenvalue weighted by atomic mass is 35.5. The lowest BCUT2D eigenvalue weighted by atomic mass is 10.0. The van der Waals surface area contributed by atoms with Crippen LogP contribution >= 0.6 is 35.0 Å². The first-order chi connectivity index (χ1) is 12.5. The first-order valence-electron chi connectivity index (χ1n) is 8.15. The van der Waals surface area contributed by atoms with E-state index in [9.17, 15) is 4.79 Å². The van der Waals surface area contributed by atoms with Gasteiger partial charge in [0.05, 0.1) is 15.3 Å².